The summed E-state index contributed by atoms with van der Waals surface area (Å²) < 4.78 is 0. The third-order valence-electron chi connectivity index (χ3n) is 8.36. The van der Waals surface area contributed by atoms with Gasteiger partial charge in [0.15, 0.2) is 0 Å². The fourth-order valence-electron chi connectivity index (χ4n) is 7.04. The average Bonchev–Trinajstić information content (AvgIpc) is 3.54. The third kappa shape index (κ3) is 3.40. The van der Waals surface area contributed by atoms with Crippen LogP contribution in [0, 0.1) is 29.6 Å². The number of aromatic nitrogens is 1. The van der Waals surface area contributed by atoms with Crippen LogP contribution in [-0.2, 0) is 14.4 Å². The molecule has 1 aromatic carbocycles. The van der Waals surface area contributed by atoms with Crippen molar-refractivity contribution in [2.24, 2.45) is 29.6 Å². The molecule has 0 spiro atoms. The zero-order chi connectivity index (χ0) is 24.6. The van der Waals surface area contributed by atoms with Gasteiger partial charge in [0.2, 0.25) is 11.8 Å². The van der Waals surface area contributed by atoms with Crippen molar-refractivity contribution in [1.82, 2.24) is 9.88 Å². The quantitative estimate of drug-likeness (QED) is 0.572. The van der Waals surface area contributed by atoms with Crippen molar-refractivity contribution in [2.75, 3.05) is 25.5 Å². The number of imide groups is 1. The number of fused-ring (bicyclic) bond motifs is 9. The summed E-state index contributed by atoms with van der Waals surface area (Å²) in [6, 6.07) is 8.44. The molecule has 4 aliphatic rings. The molecule has 2 amide bonds. The van der Waals surface area contributed by atoms with E-state index in [2.05, 4.69) is 29.2 Å². The van der Waals surface area contributed by atoms with E-state index in [9.17, 15) is 19.2 Å². The van der Waals surface area contributed by atoms with Crippen LogP contribution in [0.15, 0.2) is 34.1 Å². The van der Waals surface area contributed by atoms with E-state index in [1.165, 1.54) is 16.2 Å². The van der Waals surface area contributed by atoms with Crippen molar-refractivity contribution >= 4 is 46.6 Å². The van der Waals surface area contributed by atoms with Gasteiger partial charge in [-0.3, -0.25) is 24.1 Å². The summed E-state index contributed by atoms with van der Waals surface area (Å²) in [5.41, 5.74) is 2.24. The molecule has 1 aromatic heterocycles. The number of aliphatic carboxylic acids is 1. The van der Waals surface area contributed by atoms with Crippen LogP contribution < -0.4 is 9.77 Å². The fraction of sp³-hybridized carbons (Fsp3) is 0.520. The van der Waals surface area contributed by atoms with Crippen molar-refractivity contribution in [3.8, 4) is 0 Å². The highest BCUT2D eigenvalue weighted by molar-refractivity contribution is 8.00. The van der Waals surface area contributed by atoms with Crippen molar-refractivity contribution in [3.05, 3.63) is 44.4 Å². The second-order valence-corrected chi connectivity index (χ2v) is 12.5. The smallest absolute Gasteiger partial charge is 0.305 e. The normalized spacial score (nSPS) is 32.5. The molecule has 1 saturated heterocycles. The van der Waals surface area contributed by atoms with Gasteiger partial charge in [0.05, 0.1) is 16.9 Å². The predicted octanol–water partition coefficient (Wildman–Crippen LogP) is 2.84. The lowest BCUT2D eigenvalue weighted by molar-refractivity contribution is -0.142. The van der Waals surface area contributed by atoms with Crippen LogP contribution >= 0.6 is 23.1 Å². The number of carbonyl (C=O) groups is 3. The molecule has 184 valence electrons. The van der Waals surface area contributed by atoms with Gasteiger partial charge in [0.25, 0.3) is 0 Å². The average molecular weight is 514 g/mol. The zero-order valence-corrected chi connectivity index (χ0v) is 21.1. The summed E-state index contributed by atoms with van der Waals surface area (Å²) in [7, 11) is 4.00. The number of nitrogens with one attached hydrogen (secondary N) is 1. The van der Waals surface area contributed by atoms with Crippen molar-refractivity contribution in [2.45, 2.75) is 35.5 Å². The van der Waals surface area contributed by atoms with Gasteiger partial charge in [-0.25, -0.2) is 0 Å². The summed E-state index contributed by atoms with van der Waals surface area (Å²) >= 11 is 2.94. The number of anilines is 1. The maximum Gasteiger partial charge on any atom is 0.305 e. The minimum Gasteiger partial charge on any atom is -0.481 e. The highest BCUT2D eigenvalue weighted by atomic mass is 32.2. The van der Waals surface area contributed by atoms with E-state index in [4.69, 9.17) is 5.11 Å². The SMILES string of the molecule is CN(C)c1ccc(C2c3sc(=O)[nH]c3SC3C4CC(C5C(=O)N(CCCC(=O)O)C(=O)C45)C23)cc1. The van der Waals surface area contributed by atoms with E-state index in [0.29, 0.717) is 0 Å². The number of likely N-dealkylation sites (tertiary alicyclic amines) is 1. The Morgan fingerprint density at radius 2 is 1.80 bits per heavy atom. The summed E-state index contributed by atoms with van der Waals surface area (Å²) in [5.74, 6) is -1.50. The van der Waals surface area contributed by atoms with Gasteiger partial charge in [0, 0.05) is 48.8 Å². The number of rotatable bonds is 6. The Balaban J connectivity index is 1.36. The predicted molar refractivity (Wildman–Crippen MR) is 133 cm³/mol. The van der Waals surface area contributed by atoms with Gasteiger partial charge in [0.1, 0.15) is 0 Å². The maximum atomic E-state index is 13.4. The number of carboxylic acids is 1. The number of thioether (sulfide) groups is 1. The van der Waals surface area contributed by atoms with Crippen LogP contribution in [0.2, 0.25) is 0 Å². The topological polar surface area (TPSA) is 111 Å². The first-order chi connectivity index (χ1) is 16.8. The molecule has 10 heteroatoms. The lowest BCUT2D eigenvalue weighted by atomic mass is 9.68. The molecule has 2 saturated carbocycles. The van der Waals surface area contributed by atoms with Crippen molar-refractivity contribution in [3.63, 3.8) is 0 Å². The van der Waals surface area contributed by atoms with Crippen molar-refractivity contribution in [1.29, 1.82) is 0 Å². The molecule has 3 fully saturated rings. The number of hydrogen-bond donors (Lipinski definition) is 2. The van der Waals surface area contributed by atoms with E-state index in [1.54, 1.807) is 11.8 Å². The molecule has 7 unspecified atom stereocenters. The fourth-order valence-corrected chi connectivity index (χ4v) is 9.93. The van der Waals surface area contributed by atoms with Gasteiger partial charge < -0.3 is 15.0 Å². The first-order valence-corrected chi connectivity index (χ1v) is 13.7. The highest BCUT2D eigenvalue weighted by Crippen LogP contribution is 2.68. The summed E-state index contributed by atoms with van der Waals surface area (Å²) in [6.07, 6.45) is 1.07. The molecule has 2 bridgehead atoms. The Morgan fingerprint density at radius 3 is 2.46 bits per heavy atom. The van der Waals surface area contributed by atoms with Crippen LogP contribution in [0.1, 0.15) is 35.6 Å². The monoisotopic (exact) mass is 513 g/mol. The Hall–Kier alpha value is -2.59. The minimum absolute atomic E-state index is 0.0105. The molecule has 2 N–H and O–H groups in total. The van der Waals surface area contributed by atoms with E-state index >= 15 is 0 Å². The van der Waals surface area contributed by atoms with Gasteiger partial charge in [-0.2, -0.15) is 0 Å². The molecule has 6 rings (SSSR count). The Bertz CT molecular complexity index is 1270. The number of thiazole rings is 1. The van der Waals surface area contributed by atoms with E-state index < -0.39 is 5.97 Å². The largest absolute Gasteiger partial charge is 0.481 e. The summed E-state index contributed by atoms with van der Waals surface area (Å²) in [5, 5.41) is 10.0. The highest BCUT2D eigenvalue weighted by Gasteiger charge is 2.69. The van der Waals surface area contributed by atoms with Crippen LogP contribution in [-0.4, -0.2) is 58.7 Å². The van der Waals surface area contributed by atoms with Gasteiger partial charge in [-0.15, -0.1) is 11.8 Å². The molecule has 2 aromatic rings. The van der Waals surface area contributed by atoms with Crippen molar-refractivity contribution < 1.29 is 19.5 Å². The second-order valence-electron chi connectivity index (χ2n) is 10.3. The number of H-pyrrole nitrogens is 1. The molecule has 3 heterocycles. The molecular formula is C25H27N3O5S2. The number of benzene rings is 1. The van der Waals surface area contributed by atoms with E-state index in [1.807, 2.05) is 19.0 Å². The Morgan fingerprint density at radius 1 is 1.11 bits per heavy atom. The van der Waals surface area contributed by atoms with Crippen LogP contribution in [0.5, 0.6) is 0 Å². The zero-order valence-electron chi connectivity index (χ0n) is 19.5. The van der Waals surface area contributed by atoms with Gasteiger partial charge in [-0.05, 0) is 48.3 Å². The lowest BCUT2D eigenvalue weighted by Gasteiger charge is -2.43. The summed E-state index contributed by atoms with van der Waals surface area (Å²) in [4.78, 5) is 57.4. The number of nitrogens with zero attached hydrogens (tertiary/aromatic N) is 2. The minimum atomic E-state index is -0.921. The molecule has 8 nitrogen and oxygen atoms in total. The molecule has 0 radical (unpaired) electrons. The number of amides is 2. The Labute approximate surface area is 210 Å². The van der Waals surface area contributed by atoms with E-state index in [0.717, 1.165) is 27.6 Å². The first kappa shape index (κ1) is 22.8. The molecule has 35 heavy (non-hydrogen) atoms. The van der Waals surface area contributed by atoms with Crippen LogP contribution in [0.25, 0.3) is 0 Å². The standard InChI is InChI=1S/C25H27N3O5S2/c1-27(2)12-7-5-11(6-8-12)16-17-13-10-14(20(17)34-22-21(16)35-25(33)26-22)19-18(13)23(31)28(24(19)32)9-3-4-15(29)30/h5-8,13-14,16-20H,3-4,9-10H2,1-2H3,(H,26,33)(H,29,30). The number of carbonyl (C=O) groups excluding carboxylic acids is 2. The molecule has 2 aliphatic carbocycles. The van der Waals surface area contributed by atoms with Gasteiger partial charge >= 0.3 is 10.8 Å². The number of hydrogen-bond acceptors (Lipinski definition) is 7. The first-order valence-electron chi connectivity index (χ1n) is 12.0. The number of aromatic amines is 1. The molecule has 2 aliphatic heterocycles. The van der Waals surface area contributed by atoms with E-state index in [-0.39, 0.29) is 76.8 Å². The Kier molecular flexibility index (Phi) is 5.37. The second kappa shape index (κ2) is 8.23. The maximum absolute atomic E-state index is 13.4. The summed E-state index contributed by atoms with van der Waals surface area (Å²) in [6.45, 7) is 0.176. The lowest BCUT2D eigenvalue weighted by Crippen LogP contribution is -2.42. The van der Waals surface area contributed by atoms with Crippen LogP contribution in [0.4, 0.5) is 5.69 Å². The van der Waals surface area contributed by atoms with Crippen LogP contribution in [0.3, 0.4) is 0 Å². The van der Waals surface area contributed by atoms with Gasteiger partial charge in [-0.1, -0.05) is 23.5 Å². The molecular weight excluding hydrogens is 486 g/mol. The number of carboxylic acid groups (broad SMARTS) is 1. The molecule has 7 atom stereocenters. The third-order valence-corrected chi connectivity index (χ3v) is 10.9.